The predicted octanol–water partition coefficient (Wildman–Crippen LogP) is 2.30. The van der Waals surface area contributed by atoms with E-state index < -0.39 is 0 Å². The average Bonchev–Trinajstić information content (AvgIpc) is 2.30. The van der Waals surface area contributed by atoms with Crippen molar-refractivity contribution in [1.29, 1.82) is 0 Å². The minimum Gasteiger partial charge on any atom is -0.491 e. The van der Waals surface area contributed by atoms with E-state index in [4.69, 9.17) is 15.2 Å². The maximum absolute atomic E-state index is 6.15. The highest BCUT2D eigenvalue weighted by molar-refractivity contribution is 5.31. The van der Waals surface area contributed by atoms with E-state index in [2.05, 4.69) is 6.92 Å². The zero-order valence-electron chi connectivity index (χ0n) is 10.3. The fourth-order valence-electron chi connectivity index (χ4n) is 1.38. The van der Waals surface area contributed by atoms with Crippen LogP contribution in [0.15, 0.2) is 24.3 Å². The first-order chi connectivity index (χ1) is 7.60. The fourth-order valence-corrected chi connectivity index (χ4v) is 1.38. The lowest BCUT2D eigenvalue weighted by molar-refractivity contribution is 0.146. The Labute approximate surface area is 97.6 Å². The standard InChI is InChI=1S/C13H21NO2/c1-4-13(2,14)11-5-7-12(8-6-11)16-10-9-15-3/h5-8H,4,9-10,14H2,1-3H3. The topological polar surface area (TPSA) is 44.5 Å². The second-order valence-electron chi connectivity index (χ2n) is 4.14. The molecule has 0 amide bonds. The summed E-state index contributed by atoms with van der Waals surface area (Å²) in [5, 5.41) is 0. The van der Waals surface area contributed by atoms with Crippen molar-refractivity contribution < 1.29 is 9.47 Å². The monoisotopic (exact) mass is 223 g/mol. The van der Waals surface area contributed by atoms with Crippen molar-refractivity contribution in [2.24, 2.45) is 5.73 Å². The largest absolute Gasteiger partial charge is 0.491 e. The van der Waals surface area contributed by atoms with Crippen molar-refractivity contribution in [2.75, 3.05) is 20.3 Å². The Hall–Kier alpha value is -1.06. The van der Waals surface area contributed by atoms with Gasteiger partial charge in [0.05, 0.1) is 6.61 Å². The lowest BCUT2D eigenvalue weighted by Gasteiger charge is -2.23. The SMILES string of the molecule is CCC(C)(N)c1ccc(OCCOC)cc1. The summed E-state index contributed by atoms with van der Waals surface area (Å²) in [6.45, 7) is 5.30. The van der Waals surface area contributed by atoms with Crippen LogP contribution in [0.4, 0.5) is 0 Å². The predicted molar refractivity (Wildman–Crippen MR) is 65.6 cm³/mol. The molecule has 1 aromatic carbocycles. The van der Waals surface area contributed by atoms with Gasteiger partial charge in [0, 0.05) is 12.6 Å². The van der Waals surface area contributed by atoms with Gasteiger partial charge in [0.2, 0.25) is 0 Å². The molecule has 1 unspecified atom stereocenters. The molecule has 0 fully saturated rings. The van der Waals surface area contributed by atoms with Gasteiger partial charge in [-0.25, -0.2) is 0 Å². The van der Waals surface area contributed by atoms with Gasteiger partial charge in [-0.05, 0) is 31.0 Å². The maximum atomic E-state index is 6.15. The molecule has 0 spiro atoms. The van der Waals surface area contributed by atoms with E-state index in [1.807, 2.05) is 31.2 Å². The average molecular weight is 223 g/mol. The molecule has 0 radical (unpaired) electrons. The van der Waals surface area contributed by atoms with E-state index >= 15 is 0 Å². The third-order valence-corrected chi connectivity index (χ3v) is 2.80. The molecule has 3 heteroatoms. The Balaban J connectivity index is 2.61. The molecule has 0 aliphatic rings. The van der Waals surface area contributed by atoms with Gasteiger partial charge in [0.1, 0.15) is 12.4 Å². The Kier molecular flexibility index (Phi) is 4.77. The summed E-state index contributed by atoms with van der Waals surface area (Å²) in [5.74, 6) is 0.854. The second-order valence-corrected chi connectivity index (χ2v) is 4.14. The van der Waals surface area contributed by atoms with Gasteiger partial charge in [0.15, 0.2) is 0 Å². The number of rotatable bonds is 6. The molecule has 0 aliphatic heterocycles. The second kappa shape index (κ2) is 5.87. The number of nitrogens with two attached hydrogens (primary N) is 1. The molecule has 0 heterocycles. The molecule has 0 saturated heterocycles. The summed E-state index contributed by atoms with van der Waals surface area (Å²) in [4.78, 5) is 0. The minimum atomic E-state index is -0.259. The van der Waals surface area contributed by atoms with Crippen molar-refractivity contribution in [1.82, 2.24) is 0 Å². The fraction of sp³-hybridized carbons (Fsp3) is 0.538. The van der Waals surface area contributed by atoms with Crippen LogP contribution in [-0.2, 0) is 10.3 Å². The Morgan fingerprint density at radius 1 is 1.19 bits per heavy atom. The lowest BCUT2D eigenvalue weighted by Crippen LogP contribution is -2.31. The summed E-state index contributed by atoms with van der Waals surface area (Å²) < 4.78 is 10.4. The lowest BCUT2D eigenvalue weighted by atomic mass is 9.91. The zero-order valence-corrected chi connectivity index (χ0v) is 10.3. The Morgan fingerprint density at radius 3 is 2.31 bits per heavy atom. The highest BCUT2D eigenvalue weighted by Crippen LogP contribution is 2.23. The first kappa shape index (κ1) is 13.0. The van der Waals surface area contributed by atoms with Gasteiger partial charge in [0.25, 0.3) is 0 Å². The van der Waals surface area contributed by atoms with Crippen molar-refractivity contribution in [3.8, 4) is 5.75 Å². The number of hydrogen-bond acceptors (Lipinski definition) is 3. The highest BCUT2D eigenvalue weighted by Gasteiger charge is 2.17. The Bertz CT molecular complexity index is 306. The van der Waals surface area contributed by atoms with E-state index in [0.717, 1.165) is 17.7 Å². The summed E-state index contributed by atoms with van der Waals surface area (Å²) in [7, 11) is 1.66. The highest BCUT2D eigenvalue weighted by atomic mass is 16.5. The van der Waals surface area contributed by atoms with Crippen LogP contribution >= 0.6 is 0 Å². The van der Waals surface area contributed by atoms with E-state index in [9.17, 15) is 0 Å². The zero-order chi connectivity index (χ0) is 12.0. The van der Waals surface area contributed by atoms with Crippen LogP contribution in [0.5, 0.6) is 5.75 Å². The quantitative estimate of drug-likeness (QED) is 0.753. The van der Waals surface area contributed by atoms with E-state index in [1.165, 1.54) is 0 Å². The van der Waals surface area contributed by atoms with Gasteiger partial charge in [-0.2, -0.15) is 0 Å². The van der Waals surface area contributed by atoms with E-state index in [0.29, 0.717) is 13.2 Å². The summed E-state index contributed by atoms with van der Waals surface area (Å²) in [6.07, 6.45) is 0.914. The van der Waals surface area contributed by atoms with Gasteiger partial charge in [-0.1, -0.05) is 19.1 Å². The van der Waals surface area contributed by atoms with Crippen LogP contribution in [0.3, 0.4) is 0 Å². The molecule has 2 N–H and O–H groups in total. The minimum absolute atomic E-state index is 0.259. The molecule has 3 nitrogen and oxygen atoms in total. The first-order valence-corrected chi connectivity index (χ1v) is 5.61. The normalized spacial score (nSPS) is 14.5. The molecule has 16 heavy (non-hydrogen) atoms. The van der Waals surface area contributed by atoms with Gasteiger partial charge in [-0.3, -0.25) is 0 Å². The molecule has 0 bridgehead atoms. The van der Waals surface area contributed by atoms with Crippen LogP contribution in [0.25, 0.3) is 0 Å². The van der Waals surface area contributed by atoms with Crippen LogP contribution < -0.4 is 10.5 Å². The van der Waals surface area contributed by atoms with Crippen molar-refractivity contribution in [3.63, 3.8) is 0 Å². The molecule has 1 rings (SSSR count). The molecule has 0 saturated carbocycles. The molecule has 1 atom stereocenters. The van der Waals surface area contributed by atoms with Crippen molar-refractivity contribution >= 4 is 0 Å². The maximum Gasteiger partial charge on any atom is 0.119 e. The summed E-state index contributed by atoms with van der Waals surface area (Å²) >= 11 is 0. The number of benzene rings is 1. The van der Waals surface area contributed by atoms with Crippen molar-refractivity contribution in [2.45, 2.75) is 25.8 Å². The molecule has 1 aromatic rings. The smallest absolute Gasteiger partial charge is 0.119 e. The number of hydrogen-bond donors (Lipinski definition) is 1. The van der Waals surface area contributed by atoms with E-state index in [1.54, 1.807) is 7.11 Å². The number of ether oxygens (including phenoxy) is 2. The van der Waals surface area contributed by atoms with E-state index in [-0.39, 0.29) is 5.54 Å². The molecule has 90 valence electrons. The summed E-state index contributed by atoms with van der Waals surface area (Å²) in [6, 6.07) is 7.94. The number of methoxy groups -OCH3 is 1. The van der Waals surface area contributed by atoms with Crippen LogP contribution in [0.2, 0.25) is 0 Å². The van der Waals surface area contributed by atoms with Gasteiger partial charge >= 0.3 is 0 Å². The Morgan fingerprint density at radius 2 is 1.81 bits per heavy atom. The van der Waals surface area contributed by atoms with Gasteiger partial charge in [-0.15, -0.1) is 0 Å². The third kappa shape index (κ3) is 3.51. The van der Waals surface area contributed by atoms with Crippen LogP contribution in [0.1, 0.15) is 25.8 Å². The molecular weight excluding hydrogens is 202 g/mol. The third-order valence-electron chi connectivity index (χ3n) is 2.80. The molecule has 0 aromatic heterocycles. The van der Waals surface area contributed by atoms with Crippen molar-refractivity contribution in [3.05, 3.63) is 29.8 Å². The molecule has 0 aliphatic carbocycles. The van der Waals surface area contributed by atoms with Gasteiger partial charge < -0.3 is 15.2 Å². The van der Waals surface area contributed by atoms with Crippen LogP contribution in [-0.4, -0.2) is 20.3 Å². The van der Waals surface area contributed by atoms with Crippen LogP contribution in [0, 0.1) is 0 Å². The first-order valence-electron chi connectivity index (χ1n) is 5.61. The molecular formula is C13H21NO2. The summed E-state index contributed by atoms with van der Waals surface area (Å²) in [5.41, 5.74) is 7.02.